The maximum absolute atomic E-state index is 13.0. The van der Waals surface area contributed by atoms with Crippen LogP contribution in [0.15, 0.2) is 36.4 Å². The number of nitrogens with one attached hydrogen (secondary N) is 1. The van der Waals surface area contributed by atoms with E-state index >= 15 is 0 Å². The predicted octanol–water partition coefficient (Wildman–Crippen LogP) is 2.83. The Morgan fingerprint density at radius 2 is 1.73 bits per heavy atom. The number of rotatable bonds is 4. The summed E-state index contributed by atoms with van der Waals surface area (Å²) in [6.07, 6.45) is -4.34. The van der Waals surface area contributed by atoms with Crippen molar-refractivity contribution in [2.45, 2.75) is 6.18 Å². The number of aromatic amines is 1. The van der Waals surface area contributed by atoms with E-state index in [9.17, 15) is 13.2 Å². The van der Waals surface area contributed by atoms with Crippen molar-refractivity contribution >= 4 is 29.0 Å². The van der Waals surface area contributed by atoms with Crippen LogP contribution in [0, 0.1) is 0 Å². The van der Waals surface area contributed by atoms with E-state index in [1.165, 1.54) is 23.7 Å². The first-order chi connectivity index (χ1) is 14.3. The molecule has 0 bridgehead atoms. The third-order valence-electron chi connectivity index (χ3n) is 4.90. The molecule has 0 aliphatic carbocycles. The van der Waals surface area contributed by atoms with Gasteiger partial charge in [-0.3, -0.25) is 4.90 Å². The maximum atomic E-state index is 13.0. The van der Waals surface area contributed by atoms with Crippen LogP contribution in [0.5, 0.6) is 0 Å². The minimum atomic E-state index is -4.34. The quantitative estimate of drug-likeness (QED) is 0.627. The van der Waals surface area contributed by atoms with Gasteiger partial charge in [-0.15, -0.1) is 10.2 Å². The van der Waals surface area contributed by atoms with E-state index in [1.54, 1.807) is 6.07 Å². The molecule has 0 saturated carbocycles. The second-order valence-corrected chi connectivity index (χ2v) is 7.93. The van der Waals surface area contributed by atoms with Crippen LogP contribution >= 0.6 is 11.5 Å². The molecule has 0 radical (unpaired) electrons. The molecule has 1 aliphatic heterocycles. The van der Waals surface area contributed by atoms with Gasteiger partial charge in [0.25, 0.3) is 0 Å². The van der Waals surface area contributed by atoms with Gasteiger partial charge in [-0.2, -0.15) is 13.2 Å². The summed E-state index contributed by atoms with van der Waals surface area (Å²) in [5.74, 6) is 1.51. The molecule has 3 heterocycles. The van der Waals surface area contributed by atoms with Crippen molar-refractivity contribution in [2.24, 2.45) is 0 Å². The minimum Gasteiger partial charge on any atom is -0.368 e. The number of nitrogens with zero attached hydrogens (tertiary/aromatic N) is 6. The topological polar surface area (TPSA) is 62.5 Å². The Balaban J connectivity index is 1.40. The molecule has 0 unspecified atom stereocenters. The van der Waals surface area contributed by atoms with E-state index in [4.69, 9.17) is 0 Å². The molecule has 2 aromatic heterocycles. The van der Waals surface area contributed by atoms with Crippen LogP contribution in [0.3, 0.4) is 0 Å². The van der Waals surface area contributed by atoms with E-state index in [-0.39, 0.29) is 0 Å². The van der Waals surface area contributed by atoms with E-state index < -0.39 is 11.7 Å². The monoisotopic (exact) mass is 436 g/mol. The number of hydrogen-bond donors (Lipinski definition) is 0. The summed E-state index contributed by atoms with van der Waals surface area (Å²) in [6, 6.07) is 9.27. The van der Waals surface area contributed by atoms with Gasteiger partial charge in [0.15, 0.2) is 5.82 Å². The van der Waals surface area contributed by atoms with E-state index in [2.05, 4.69) is 24.5 Å². The van der Waals surface area contributed by atoms with E-state index in [0.29, 0.717) is 37.6 Å². The largest absolute Gasteiger partial charge is 0.416 e. The van der Waals surface area contributed by atoms with Crippen molar-refractivity contribution in [3.63, 3.8) is 0 Å². The Morgan fingerprint density at radius 1 is 1.00 bits per heavy atom. The molecule has 1 aliphatic rings. The first-order valence-corrected chi connectivity index (χ1v) is 10.2. The number of H-pyrrole nitrogens is 1. The van der Waals surface area contributed by atoms with Gasteiger partial charge in [0.1, 0.15) is 5.69 Å². The lowest BCUT2D eigenvalue weighted by atomic mass is 10.1. The Morgan fingerprint density at radius 3 is 2.33 bits per heavy atom. The summed E-state index contributed by atoms with van der Waals surface area (Å²) in [6.45, 7) is 2.53. The number of hydrogen-bond acceptors (Lipinski definition) is 7. The Kier molecular flexibility index (Phi) is 5.46. The zero-order chi connectivity index (χ0) is 21.3. The number of piperazine rings is 1. The highest BCUT2D eigenvalue weighted by Gasteiger charge is 2.31. The Bertz CT molecular complexity index is 996. The van der Waals surface area contributed by atoms with Crippen molar-refractivity contribution in [3.05, 3.63) is 42.0 Å². The molecular weight excluding hydrogens is 415 g/mol. The van der Waals surface area contributed by atoms with Gasteiger partial charge in [0, 0.05) is 31.9 Å². The number of alkyl halides is 3. The van der Waals surface area contributed by atoms with Crippen molar-refractivity contribution < 1.29 is 18.2 Å². The first-order valence-electron chi connectivity index (χ1n) is 9.39. The van der Waals surface area contributed by atoms with Gasteiger partial charge in [0.05, 0.1) is 31.2 Å². The molecule has 158 valence electrons. The average molecular weight is 436 g/mol. The van der Waals surface area contributed by atoms with Crippen molar-refractivity contribution in [2.75, 3.05) is 55.0 Å². The summed E-state index contributed by atoms with van der Waals surface area (Å²) in [7, 11) is 3.81. The second kappa shape index (κ2) is 8.05. The lowest BCUT2D eigenvalue weighted by Gasteiger charge is -2.36. The number of anilines is 3. The highest BCUT2D eigenvalue weighted by atomic mass is 32.1. The number of aromatic nitrogens is 4. The van der Waals surface area contributed by atoms with Crippen LogP contribution in [-0.4, -0.2) is 54.8 Å². The van der Waals surface area contributed by atoms with Gasteiger partial charge < -0.3 is 9.80 Å². The van der Waals surface area contributed by atoms with Gasteiger partial charge >= 0.3 is 12.1 Å². The van der Waals surface area contributed by atoms with Crippen LogP contribution in [0.1, 0.15) is 5.56 Å². The van der Waals surface area contributed by atoms with Crippen molar-refractivity contribution in [3.8, 4) is 10.7 Å². The van der Waals surface area contributed by atoms with Crippen LogP contribution in [0.25, 0.3) is 10.7 Å². The summed E-state index contributed by atoms with van der Waals surface area (Å²) >= 11 is 1.32. The van der Waals surface area contributed by atoms with Crippen LogP contribution in [-0.2, 0) is 6.18 Å². The third-order valence-corrected chi connectivity index (χ3v) is 5.66. The fourth-order valence-electron chi connectivity index (χ4n) is 3.23. The van der Waals surface area contributed by atoms with Crippen molar-refractivity contribution in [1.29, 1.82) is 0 Å². The van der Waals surface area contributed by atoms with Crippen LogP contribution in [0.2, 0.25) is 0 Å². The molecule has 11 heteroatoms. The van der Waals surface area contributed by atoms with Gasteiger partial charge in [-0.1, -0.05) is 6.07 Å². The van der Waals surface area contributed by atoms with Crippen LogP contribution < -0.4 is 19.7 Å². The molecule has 1 aromatic carbocycles. The SMILES string of the molecule is CN(C)c1nsc(-c2ccc(N3CCN(c4cccc(C(F)(F)F)c4)CC3)nn2)[nH+]1. The molecule has 0 atom stereocenters. The van der Waals surface area contributed by atoms with E-state index in [1.807, 2.05) is 36.0 Å². The van der Waals surface area contributed by atoms with Crippen molar-refractivity contribution in [1.82, 2.24) is 14.6 Å². The molecule has 4 rings (SSSR count). The summed E-state index contributed by atoms with van der Waals surface area (Å²) < 4.78 is 43.2. The summed E-state index contributed by atoms with van der Waals surface area (Å²) in [4.78, 5) is 9.12. The summed E-state index contributed by atoms with van der Waals surface area (Å²) in [5, 5.41) is 9.46. The molecule has 0 spiro atoms. The van der Waals surface area contributed by atoms with Crippen LogP contribution in [0.4, 0.5) is 30.6 Å². The average Bonchev–Trinajstić information content (AvgIpc) is 3.24. The first kappa shape index (κ1) is 20.3. The third kappa shape index (κ3) is 4.30. The van der Waals surface area contributed by atoms with Gasteiger partial charge in [-0.05, 0) is 34.7 Å². The lowest BCUT2D eigenvalue weighted by Crippen LogP contribution is -2.47. The van der Waals surface area contributed by atoms with Gasteiger partial charge in [0.2, 0.25) is 5.01 Å². The molecule has 30 heavy (non-hydrogen) atoms. The zero-order valence-electron chi connectivity index (χ0n) is 16.5. The Labute approximate surface area is 175 Å². The fraction of sp³-hybridized carbons (Fsp3) is 0.368. The van der Waals surface area contributed by atoms with Gasteiger partial charge in [-0.25, -0.2) is 4.98 Å². The fourth-order valence-corrected chi connectivity index (χ4v) is 3.95. The van der Waals surface area contributed by atoms with E-state index in [0.717, 1.165) is 22.8 Å². The molecular formula is C19H21F3N7S+. The maximum Gasteiger partial charge on any atom is 0.416 e. The molecule has 1 fully saturated rings. The number of benzene rings is 1. The molecule has 7 nitrogen and oxygen atoms in total. The smallest absolute Gasteiger partial charge is 0.368 e. The zero-order valence-corrected chi connectivity index (χ0v) is 17.3. The lowest BCUT2D eigenvalue weighted by molar-refractivity contribution is -0.346. The predicted molar refractivity (Wildman–Crippen MR) is 110 cm³/mol. The molecule has 1 saturated heterocycles. The second-order valence-electron chi connectivity index (χ2n) is 7.15. The Hall–Kier alpha value is -2.95. The molecule has 0 amide bonds. The standard InChI is InChI=1S/C19H20F3N7S/c1-27(2)18-23-17(30-26-18)15-6-7-16(25-24-15)29-10-8-28(9-11-29)14-5-3-4-13(12-14)19(20,21)22/h3-7,12H,8-11H2,1-2H3/p+1. The highest BCUT2D eigenvalue weighted by Crippen LogP contribution is 2.32. The molecule has 3 aromatic rings. The minimum absolute atomic E-state index is 0.586. The number of halogens is 3. The summed E-state index contributed by atoms with van der Waals surface area (Å²) in [5.41, 5.74) is 0.677. The normalized spacial score (nSPS) is 14.8. The highest BCUT2D eigenvalue weighted by molar-refractivity contribution is 7.08. The molecule has 1 N–H and O–H groups in total.